The Labute approximate surface area is 217 Å². The number of carboxylic acids is 1. The Morgan fingerprint density at radius 3 is 2.32 bits per heavy atom. The number of aliphatic carboxylic acids is 1. The predicted octanol–water partition coefficient (Wildman–Crippen LogP) is 4.35. The molecule has 0 radical (unpaired) electrons. The maximum atomic E-state index is 13.9. The number of aryl methyl sites for hydroxylation is 1. The minimum Gasteiger partial charge on any atom is -0.481 e. The lowest BCUT2D eigenvalue weighted by Gasteiger charge is -2.22. The van der Waals surface area contributed by atoms with Crippen LogP contribution < -0.4 is 16.0 Å². The van der Waals surface area contributed by atoms with Crippen molar-refractivity contribution >= 4 is 40.1 Å². The number of benzene rings is 3. The van der Waals surface area contributed by atoms with E-state index in [4.69, 9.17) is 16.2 Å². The summed E-state index contributed by atoms with van der Waals surface area (Å²) in [5.41, 5.74) is 8.40. The first kappa shape index (κ1) is 26.3. The number of halogens is 2. The first-order valence-corrected chi connectivity index (χ1v) is 11.8. The molecule has 0 aliphatic rings. The molecular weight excluding hydrogens is 494 g/mol. The molecule has 0 aliphatic heterocycles. The highest BCUT2D eigenvalue weighted by Gasteiger charge is 2.22. The van der Waals surface area contributed by atoms with Crippen LogP contribution >= 0.6 is 0 Å². The Bertz CT molecular complexity index is 1500. The number of hydrogen-bond acceptors (Lipinski definition) is 5. The molecule has 0 aliphatic carbocycles. The molecule has 0 saturated heterocycles. The standard InChI is InChI=1S/C27H26F2N6O3/c1-2-34-23-8-5-17(27(38)35(10-9-25(36)37)21-13-18(28)12-19(29)14-21)11-22(23)33-24(34)15-32-20-6-3-16(4-7-20)26(30)31/h3-8,11-14,32H,2,9-10,15H2,1H3,(H3,30,31)(H,36,37). The molecular formula is C27H26F2N6O3. The van der Waals surface area contributed by atoms with E-state index in [-0.39, 0.29) is 23.6 Å². The number of nitrogens with two attached hydrogens (primary N) is 1. The average Bonchev–Trinajstić information content (AvgIpc) is 3.23. The van der Waals surface area contributed by atoms with Crippen LogP contribution in [0.25, 0.3) is 11.0 Å². The summed E-state index contributed by atoms with van der Waals surface area (Å²) in [6, 6.07) is 14.7. The minimum atomic E-state index is -1.15. The van der Waals surface area contributed by atoms with Crippen LogP contribution in [0, 0.1) is 17.0 Å². The van der Waals surface area contributed by atoms with Gasteiger partial charge in [0.15, 0.2) is 0 Å². The number of nitrogens with one attached hydrogen (secondary N) is 2. The third kappa shape index (κ3) is 5.77. The summed E-state index contributed by atoms with van der Waals surface area (Å²) in [6.07, 6.45) is -0.403. The van der Waals surface area contributed by atoms with Gasteiger partial charge in [-0.05, 0) is 61.5 Å². The molecule has 1 aromatic heterocycles. The molecule has 0 fully saturated rings. The van der Waals surface area contributed by atoms with Gasteiger partial charge >= 0.3 is 5.97 Å². The molecule has 0 spiro atoms. The van der Waals surface area contributed by atoms with Gasteiger partial charge in [-0.25, -0.2) is 13.8 Å². The summed E-state index contributed by atoms with van der Waals surface area (Å²) in [6.45, 7) is 2.71. The normalized spacial score (nSPS) is 10.9. The number of carbonyl (C=O) groups excluding carboxylic acids is 1. The predicted molar refractivity (Wildman–Crippen MR) is 140 cm³/mol. The third-order valence-corrected chi connectivity index (χ3v) is 5.99. The molecule has 196 valence electrons. The SMILES string of the molecule is CCn1c(CNc2ccc(C(=N)N)cc2)nc2cc(C(=O)N(CCC(=O)O)c3cc(F)cc(F)c3)ccc21. The van der Waals surface area contributed by atoms with Crippen LogP contribution in [0.1, 0.15) is 35.1 Å². The highest BCUT2D eigenvalue weighted by atomic mass is 19.1. The van der Waals surface area contributed by atoms with Crippen LogP contribution in [0.2, 0.25) is 0 Å². The molecule has 9 nitrogen and oxygen atoms in total. The largest absolute Gasteiger partial charge is 0.481 e. The van der Waals surface area contributed by atoms with Crippen LogP contribution in [0.3, 0.4) is 0 Å². The summed E-state index contributed by atoms with van der Waals surface area (Å²) in [5, 5.41) is 19.9. The van der Waals surface area contributed by atoms with E-state index in [1.807, 2.05) is 23.6 Å². The van der Waals surface area contributed by atoms with Crippen molar-refractivity contribution in [2.24, 2.45) is 5.73 Å². The van der Waals surface area contributed by atoms with Crippen molar-refractivity contribution in [2.45, 2.75) is 26.4 Å². The molecule has 1 heterocycles. The van der Waals surface area contributed by atoms with Gasteiger partial charge < -0.3 is 25.6 Å². The molecule has 0 unspecified atom stereocenters. The fourth-order valence-corrected chi connectivity index (χ4v) is 4.16. The first-order valence-electron chi connectivity index (χ1n) is 11.8. The van der Waals surface area contributed by atoms with Crippen LogP contribution in [-0.2, 0) is 17.9 Å². The van der Waals surface area contributed by atoms with Gasteiger partial charge in [-0.15, -0.1) is 0 Å². The van der Waals surface area contributed by atoms with E-state index in [1.54, 1.807) is 30.3 Å². The number of aromatic nitrogens is 2. The molecule has 4 rings (SSSR count). The summed E-state index contributed by atoms with van der Waals surface area (Å²) in [4.78, 5) is 30.3. The molecule has 11 heteroatoms. The van der Waals surface area contributed by atoms with E-state index in [0.717, 1.165) is 34.1 Å². The monoisotopic (exact) mass is 520 g/mol. The lowest BCUT2D eigenvalue weighted by molar-refractivity contribution is -0.136. The zero-order chi connectivity index (χ0) is 27.4. The maximum absolute atomic E-state index is 13.9. The number of hydrogen-bond donors (Lipinski definition) is 4. The highest BCUT2D eigenvalue weighted by molar-refractivity contribution is 6.07. The highest BCUT2D eigenvalue weighted by Crippen LogP contribution is 2.24. The van der Waals surface area contributed by atoms with Crippen molar-refractivity contribution in [1.29, 1.82) is 5.41 Å². The lowest BCUT2D eigenvalue weighted by atomic mass is 10.1. The smallest absolute Gasteiger partial charge is 0.305 e. The molecule has 3 aromatic carbocycles. The number of amides is 1. The molecule has 38 heavy (non-hydrogen) atoms. The van der Waals surface area contributed by atoms with Crippen LogP contribution in [0.15, 0.2) is 60.7 Å². The second-order valence-corrected chi connectivity index (χ2v) is 8.55. The van der Waals surface area contributed by atoms with E-state index in [2.05, 4.69) is 10.3 Å². The molecule has 0 bridgehead atoms. The molecule has 0 atom stereocenters. The second kappa shape index (κ2) is 11.1. The zero-order valence-electron chi connectivity index (χ0n) is 20.5. The molecule has 0 saturated carbocycles. The van der Waals surface area contributed by atoms with Gasteiger partial charge in [0, 0.05) is 41.7 Å². The first-order chi connectivity index (χ1) is 18.2. The van der Waals surface area contributed by atoms with Crippen molar-refractivity contribution in [3.8, 4) is 0 Å². The number of amidine groups is 1. The number of nitrogen functional groups attached to an aromatic ring is 1. The fourth-order valence-electron chi connectivity index (χ4n) is 4.16. The number of fused-ring (bicyclic) bond motifs is 1. The van der Waals surface area contributed by atoms with Gasteiger partial charge in [-0.3, -0.25) is 15.0 Å². The Morgan fingerprint density at radius 1 is 1.05 bits per heavy atom. The van der Waals surface area contributed by atoms with Crippen molar-refractivity contribution in [3.05, 3.63) is 89.2 Å². The van der Waals surface area contributed by atoms with Gasteiger partial charge in [0.25, 0.3) is 5.91 Å². The summed E-state index contributed by atoms with van der Waals surface area (Å²) in [7, 11) is 0. The quantitative estimate of drug-likeness (QED) is 0.181. The number of carboxylic acid groups (broad SMARTS) is 1. The van der Waals surface area contributed by atoms with E-state index >= 15 is 0 Å². The van der Waals surface area contributed by atoms with Crippen molar-refractivity contribution in [3.63, 3.8) is 0 Å². The van der Waals surface area contributed by atoms with E-state index in [9.17, 15) is 18.4 Å². The Hall–Kier alpha value is -4.80. The van der Waals surface area contributed by atoms with Gasteiger partial charge in [0.05, 0.1) is 24.0 Å². The molecule has 5 N–H and O–H groups in total. The van der Waals surface area contributed by atoms with Gasteiger partial charge in [0.1, 0.15) is 23.3 Å². The Kier molecular flexibility index (Phi) is 7.66. The van der Waals surface area contributed by atoms with Crippen molar-refractivity contribution in [1.82, 2.24) is 9.55 Å². The van der Waals surface area contributed by atoms with E-state index < -0.39 is 29.9 Å². The average molecular weight is 521 g/mol. The van der Waals surface area contributed by atoms with E-state index in [1.165, 1.54) is 0 Å². The summed E-state index contributed by atoms with van der Waals surface area (Å²) in [5.74, 6) is -2.80. The van der Waals surface area contributed by atoms with Gasteiger partial charge in [0.2, 0.25) is 0 Å². The number of imidazole rings is 1. The number of anilines is 2. The summed E-state index contributed by atoms with van der Waals surface area (Å²) < 4.78 is 29.7. The van der Waals surface area contributed by atoms with Crippen molar-refractivity contribution in [2.75, 3.05) is 16.8 Å². The third-order valence-electron chi connectivity index (χ3n) is 5.99. The second-order valence-electron chi connectivity index (χ2n) is 8.55. The maximum Gasteiger partial charge on any atom is 0.305 e. The van der Waals surface area contributed by atoms with Crippen LogP contribution in [-0.4, -0.2) is 38.9 Å². The van der Waals surface area contributed by atoms with Crippen LogP contribution in [0.5, 0.6) is 0 Å². The number of carbonyl (C=O) groups is 2. The minimum absolute atomic E-state index is 0.0151. The number of rotatable bonds is 10. The zero-order valence-corrected chi connectivity index (χ0v) is 20.5. The topological polar surface area (TPSA) is 137 Å². The molecule has 4 aromatic rings. The van der Waals surface area contributed by atoms with E-state index in [0.29, 0.717) is 30.2 Å². The Balaban J connectivity index is 1.62. The molecule has 1 amide bonds. The lowest BCUT2D eigenvalue weighted by Crippen LogP contribution is -2.33. The Morgan fingerprint density at radius 2 is 1.71 bits per heavy atom. The fraction of sp³-hybridized carbons (Fsp3) is 0.185. The van der Waals surface area contributed by atoms with Gasteiger partial charge in [-0.1, -0.05) is 0 Å². The van der Waals surface area contributed by atoms with Gasteiger partial charge in [-0.2, -0.15) is 0 Å². The number of nitrogens with zero attached hydrogens (tertiary/aromatic N) is 3. The summed E-state index contributed by atoms with van der Waals surface area (Å²) >= 11 is 0. The van der Waals surface area contributed by atoms with Crippen LogP contribution in [0.4, 0.5) is 20.2 Å². The van der Waals surface area contributed by atoms with Crippen molar-refractivity contribution < 1.29 is 23.5 Å².